The molecule has 0 spiro atoms. The maximum Gasteiger partial charge on any atom is 0.255 e. The van der Waals surface area contributed by atoms with Gasteiger partial charge in [0.2, 0.25) is 5.95 Å². The number of methoxy groups -OCH3 is 1. The first kappa shape index (κ1) is 23.6. The van der Waals surface area contributed by atoms with Crippen molar-refractivity contribution in [2.75, 3.05) is 12.4 Å². The molecule has 6 nitrogen and oxygen atoms in total. The fourth-order valence-corrected chi connectivity index (χ4v) is 4.59. The Bertz CT molecular complexity index is 1220. The summed E-state index contributed by atoms with van der Waals surface area (Å²) in [6.45, 7) is 4.52. The average Bonchev–Trinajstić information content (AvgIpc) is 3.09. The second-order valence-corrected chi connectivity index (χ2v) is 10.1. The molecule has 2 aromatic carbocycles. The molecular formula is C24H27Cl2FN4O2. The third-order valence-corrected chi connectivity index (χ3v) is 7.01. The Kier molecular flexibility index (Phi) is 6.47. The van der Waals surface area contributed by atoms with Crippen molar-refractivity contribution in [2.24, 2.45) is 12.5 Å². The third-order valence-electron chi connectivity index (χ3n) is 6.40. The monoisotopic (exact) mass is 492 g/mol. The number of fused-ring (bicyclic) bond motifs is 1. The summed E-state index contributed by atoms with van der Waals surface area (Å²) in [4.78, 5) is 17.6. The van der Waals surface area contributed by atoms with E-state index in [9.17, 15) is 9.18 Å². The van der Waals surface area contributed by atoms with E-state index in [1.54, 1.807) is 23.7 Å². The normalized spacial score (nSPS) is 16.1. The van der Waals surface area contributed by atoms with E-state index >= 15 is 0 Å². The van der Waals surface area contributed by atoms with E-state index in [4.69, 9.17) is 27.9 Å². The van der Waals surface area contributed by atoms with Gasteiger partial charge in [0.25, 0.3) is 5.91 Å². The molecule has 1 fully saturated rings. The van der Waals surface area contributed by atoms with Crippen LogP contribution in [0, 0.1) is 11.2 Å². The highest BCUT2D eigenvalue weighted by molar-refractivity contribution is 6.35. The van der Waals surface area contributed by atoms with E-state index < -0.39 is 5.82 Å². The summed E-state index contributed by atoms with van der Waals surface area (Å²) in [5.41, 5.74) is 2.04. The number of aryl methyl sites for hydroxylation is 1. The number of aromatic nitrogens is 2. The summed E-state index contributed by atoms with van der Waals surface area (Å²) >= 11 is 12.1. The summed E-state index contributed by atoms with van der Waals surface area (Å²) in [6, 6.07) is 6.48. The Morgan fingerprint density at radius 2 is 1.88 bits per heavy atom. The number of hydrogen-bond acceptors (Lipinski definition) is 4. The molecule has 1 heterocycles. The van der Waals surface area contributed by atoms with Crippen LogP contribution in [0.25, 0.3) is 11.0 Å². The van der Waals surface area contributed by atoms with Gasteiger partial charge >= 0.3 is 0 Å². The van der Waals surface area contributed by atoms with Crippen molar-refractivity contribution < 1.29 is 13.9 Å². The lowest BCUT2D eigenvalue weighted by Gasteiger charge is -2.34. The second-order valence-electron chi connectivity index (χ2n) is 9.29. The standard InChI is InChI=1S/C24H27Cl2FN4O2/c1-24(2)9-7-13(8-10-24)28-22(32)14-11-17-18(12-19(14)33-4)31(3)23(29-17)30-21-16(26)6-5-15(25)20(21)27/h5-6,11-13H,7-10H2,1-4H3,(H,28,32)(H,29,30). The van der Waals surface area contributed by atoms with Gasteiger partial charge in [0, 0.05) is 19.2 Å². The Labute approximate surface area is 202 Å². The molecule has 3 aromatic rings. The Balaban J connectivity index is 1.64. The summed E-state index contributed by atoms with van der Waals surface area (Å²) in [6.07, 6.45) is 4.05. The van der Waals surface area contributed by atoms with Crippen molar-refractivity contribution in [3.8, 4) is 5.75 Å². The van der Waals surface area contributed by atoms with Crippen molar-refractivity contribution in [1.82, 2.24) is 14.9 Å². The molecule has 4 rings (SSSR count). The first-order chi connectivity index (χ1) is 15.6. The highest BCUT2D eigenvalue weighted by atomic mass is 35.5. The van der Waals surface area contributed by atoms with E-state index in [-0.39, 0.29) is 27.7 Å². The molecule has 0 bridgehead atoms. The van der Waals surface area contributed by atoms with E-state index in [0.717, 1.165) is 25.7 Å². The van der Waals surface area contributed by atoms with Gasteiger partial charge in [-0.1, -0.05) is 37.0 Å². The Morgan fingerprint density at radius 1 is 1.21 bits per heavy atom. The molecule has 0 radical (unpaired) electrons. The van der Waals surface area contributed by atoms with Crippen LogP contribution in [0.4, 0.5) is 16.0 Å². The molecule has 0 saturated heterocycles. The molecular weight excluding hydrogens is 466 g/mol. The number of ether oxygens (including phenoxy) is 1. The Morgan fingerprint density at radius 3 is 2.55 bits per heavy atom. The van der Waals surface area contributed by atoms with E-state index in [1.807, 2.05) is 0 Å². The largest absolute Gasteiger partial charge is 0.496 e. The number of imidazole rings is 1. The van der Waals surface area contributed by atoms with Gasteiger partial charge in [-0.15, -0.1) is 0 Å². The molecule has 1 aliphatic carbocycles. The van der Waals surface area contributed by atoms with Crippen molar-refractivity contribution in [1.29, 1.82) is 0 Å². The summed E-state index contributed by atoms with van der Waals surface area (Å²) in [5, 5.41) is 6.19. The number of rotatable bonds is 5. The number of carbonyl (C=O) groups is 1. The molecule has 176 valence electrons. The molecule has 1 aromatic heterocycles. The molecule has 9 heteroatoms. The molecule has 1 amide bonds. The molecule has 2 N–H and O–H groups in total. The predicted octanol–water partition coefficient (Wildman–Crippen LogP) is 6.47. The zero-order valence-electron chi connectivity index (χ0n) is 19.1. The number of hydrogen-bond donors (Lipinski definition) is 2. The van der Waals surface area contributed by atoms with Crippen LogP contribution in [0.2, 0.25) is 10.0 Å². The maximum atomic E-state index is 14.5. The van der Waals surface area contributed by atoms with Crippen LogP contribution in [-0.4, -0.2) is 28.6 Å². The lowest BCUT2D eigenvalue weighted by molar-refractivity contribution is 0.0906. The van der Waals surface area contributed by atoms with Crippen LogP contribution in [0.3, 0.4) is 0 Å². The Hall–Kier alpha value is -2.51. The van der Waals surface area contributed by atoms with E-state index in [0.29, 0.717) is 33.7 Å². The zero-order chi connectivity index (χ0) is 23.9. The quantitative estimate of drug-likeness (QED) is 0.400. The molecule has 0 atom stereocenters. The zero-order valence-corrected chi connectivity index (χ0v) is 20.6. The van der Waals surface area contributed by atoms with Crippen molar-refractivity contribution in [3.63, 3.8) is 0 Å². The SMILES string of the molecule is COc1cc2c(cc1C(=O)NC1CCC(C)(C)CC1)nc(Nc1c(Cl)ccc(Cl)c1F)n2C. The number of amides is 1. The van der Waals surface area contributed by atoms with Gasteiger partial charge in [0.1, 0.15) is 5.75 Å². The fraction of sp³-hybridized carbons (Fsp3) is 0.417. The number of anilines is 2. The van der Waals surface area contributed by atoms with Gasteiger partial charge in [-0.05, 0) is 49.3 Å². The average molecular weight is 493 g/mol. The molecule has 33 heavy (non-hydrogen) atoms. The first-order valence-corrected chi connectivity index (χ1v) is 11.6. The van der Waals surface area contributed by atoms with Gasteiger partial charge < -0.3 is 19.9 Å². The smallest absolute Gasteiger partial charge is 0.255 e. The highest BCUT2D eigenvalue weighted by Crippen LogP contribution is 2.36. The number of nitrogens with zero attached hydrogens (tertiary/aromatic N) is 2. The van der Waals surface area contributed by atoms with Crippen molar-refractivity contribution in [2.45, 2.75) is 45.6 Å². The summed E-state index contributed by atoms with van der Waals surface area (Å²) in [7, 11) is 3.30. The second kappa shape index (κ2) is 9.03. The van der Waals surface area contributed by atoms with Crippen molar-refractivity contribution in [3.05, 3.63) is 45.7 Å². The van der Waals surface area contributed by atoms with Gasteiger partial charge in [-0.3, -0.25) is 4.79 Å². The predicted molar refractivity (Wildman–Crippen MR) is 130 cm³/mol. The minimum atomic E-state index is -0.662. The minimum absolute atomic E-state index is 0.0349. The van der Waals surface area contributed by atoms with Crippen LogP contribution >= 0.6 is 23.2 Å². The van der Waals surface area contributed by atoms with E-state index in [2.05, 4.69) is 29.5 Å². The lowest BCUT2D eigenvalue weighted by atomic mass is 9.75. The van der Waals surface area contributed by atoms with Gasteiger partial charge in [-0.2, -0.15) is 0 Å². The number of carbonyl (C=O) groups excluding carboxylic acids is 1. The van der Waals surface area contributed by atoms with Crippen LogP contribution in [0.15, 0.2) is 24.3 Å². The van der Waals surface area contributed by atoms with Gasteiger partial charge in [0.15, 0.2) is 5.82 Å². The number of benzene rings is 2. The van der Waals surface area contributed by atoms with Crippen LogP contribution < -0.4 is 15.4 Å². The maximum absolute atomic E-state index is 14.5. The molecule has 0 aliphatic heterocycles. The molecule has 1 saturated carbocycles. The number of nitrogens with one attached hydrogen (secondary N) is 2. The van der Waals surface area contributed by atoms with Crippen LogP contribution in [0.1, 0.15) is 49.9 Å². The van der Waals surface area contributed by atoms with Crippen LogP contribution in [-0.2, 0) is 7.05 Å². The van der Waals surface area contributed by atoms with Gasteiger partial charge in [0.05, 0.1) is 39.4 Å². The fourth-order valence-electron chi connectivity index (χ4n) is 4.24. The number of halogens is 3. The van der Waals surface area contributed by atoms with Gasteiger partial charge in [-0.25, -0.2) is 9.37 Å². The van der Waals surface area contributed by atoms with E-state index in [1.165, 1.54) is 19.2 Å². The summed E-state index contributed by atoms with van der Waals surface area (Å²) < 4.78 is 21.8. The van der Waals surface area contributed by atoms with Crippen molar-refractivity contribution >= 4 is 51.8 Å². The lowest BCUT2D eigenvalue weighted by Crippen LogP contribution is -2.39. The molecule has 0 unspecified atom stereocenters. The third kappa shape index (κ3) is 4.75. The van der Waals surface area contributed by atoms with Crippen LogP contribution in [0.5, 0.6) is 5.75 Å². The highest BCUT2D eigenvalue weighted by Gasteiger charge is 2.28. The molecule has 1 aliphatic rings. The first-order valence-electron chi connectivity index (χ1n) is 10.9. The summed E-state index contributed by atoms with van der Waals surface area (Å²) in [5.74, 6) is -0.0630. The minimum Gasteiger partial charge on any atom is -0.496 e. The topological polar surface area (TPSA) is 68.2 Å².